The molecule has 5 heteroatoms. The smallest absolute Gasteiger partial charge is 0.0809 e. The molecule has 0 nitrogen and oxygen atoms in total. The second-order valence-corrected chi connectivity index (χ2v) is 15.5. The van der Waals surface area contributed by atoms with Gasteiger partial charge in [-0.25, -0.2) is 0 Å². The Balaban J connectivity index is 0.000000341. The number of halogens is 3. The SMILES string of the molecule is C[Si](Cl)=[Zr+2].[Cl-].[Cl-].c1ccc2[cH-]ccc2c1.c1ccc2[cH-]ccc2c1. The minimum Gasteiger partial charge on any atom is -1.00 e. The quantitative estimate of drug-likeness (QED) is 0.193. The van der Waals surface area contributed by atoms with E-state index in [0.717, 1.165) is 0 Å². The summed E-state index contributed by atoms with van der Waals surface area (Å²) in [7, 11) is 0. The third kappa shape index (κ3) is 8.14. The van der Waals surface area contributed by atoms with Crippen molar-refractivity contribution >= 4 is 37.4 Å². The van der Waals surface area contributed by atoms with Crippen molar-refractivity contribution in [3.05, 3.63) is 84.9 Å². The second kappa shape index (κ2) is 12.9. The Morgan fingerprint density at radius 2 is 1.08 bits per heavy atom. The molecule has 4 aromatic carbocycles. The van der Waals surface area contributed by atoms with Gasteiger partial charge in [-0.05, 0) is 0 Å². The first-order valence-electron chi connectivity index (χ1n) is 7.08. The summed E-state index contributed by atoms with van der Waals surface area (Å²) in [5.41, 5.74) is 0. The molecule has 4 aromatic rings. The molecule has 0 atom stereocenters. The molecule has 0 spiro atoms. The van der Waals surface area contributed by atoms with Crippen LogP contribution in [0.4, 0.5) is 0 Å². The van der Waals surface area contributed by atoms with Crippen molar-refractivity contribution in [3.8, 4) is 0 Å². The molecule has 124 valence electrons. The minimum absolute atomic E-state index is 0. The zero-order valence-corrected chi connectivity index (χ0v) is 18.9. The maximum atomic E-state index is 5.42. The zero-order valence-electron chi connectivity index (χ0n) is 13.2. The Bertz CT molecular complexity index is 721. The minimum atomic E-state index is -0.317. The Kier molecular flexibility index (Phi) is 12.7. The first-order valence-corrected chi connectivity index (χ1v) is 13.8. The largest absolute Gasteiger partial charge is 1.00 e. The summed E-state index contributed by atoms with van der Waals surface area (Å²) in [5, 5.41) is 5.32. The second-order valence-electron chi connectivity index (χ2n) is 4.84. The average Bonchev–Trinajstić information content (AvgIpc) is 3.16. The normalized spacial score (nSPS) is 8.83. The van der Waals surface area contributed by atoms with E-state index in [-0.39, 0.29) is 29.6 Å². The average molecular weight is 471 g/mol. The molecule has 0 N–H and O–H groups in total. The Morgan fingerprint density at radius 1 is 0.750 bits per heavy atom. The molecule has 0 aliphatic rings. The van der Waals surface area contributed by atoms with Crippen molar-refractivity contribution in [1.29, 1.82) is 0 Å². The molecule has 0 fully saturated rings. The van der Waals surface area contributed by atoms with Crippen LogP contribution in [0.25, 0.3) is 21.5 Å². The van der Waals surface area contributed by atoms with Crippen LogP contribution in [-0.4, -0.2) is 4.74 Å². The molecular formula is C19H17Cl3SiZr-2. The summed E-state index contributed by atoms with van der Waals surface area (Å²) >= 11 is 6.92. The van der Waals surface area contributed by atoms with E-state index in [1.54, 1.807) is 0 Å². The van der Waals surface area contributed by atoms with E-state index in [4.69, 9.17) is 11.1 Å². The standard InChI is InChI=1S/2C9H7.CH3ClSi.2ClH.Zr/c2*1-2-5-9-7-3-6-8(9)4-1;1-3-2;;;/h2*1-7H;1H3;2*1H;/q2*-1;;;;+2/p-2. The van der Waals surface area contributed by atoms with Crippen LogP contribution in [0.3, 0.4) is 0 Å². The Labute approximate surface area is 175 Å². The molecule has 24 heavy (non-hydrogen) atoms. The first-order chi connectivity index (χ1) is 10.7. The van der Waals surface area contributed by atoms with Crippen LogP contribution in [0.2, 0.25) is 6.55 Å². The molecule has 0 saturated heterocycles. The van der Waals surface area contributed by atoms with Gasteiger partial charge in [-0.3, -0.25) is 0 Å². The summed E-state index contributed by atoms with van der Waals surface area (Å²) in [6.45, 7) is 2.07. The Morgan fingerprint density at radius 3 is 1.42 bits per heavy atom. The van der Waals surface area contributed by atoms with Gasteiger partial charge in [-0.15, -0.1) is 59.3 Å². The van der Waals surface area contributed by atoms with Gasteiger partial charge in [-0.2, -0.15) is 35.0 Å². The molecule has 0 amide bonds. The van der Waals surface area contributed by atoms with E-state index in [0.29, 0.717) is 0 Å². The molecule has 4 rings (SSSR count). The summed E-state index contributed by atoms with van der Waals surface area (Å²) in [6.07, 6.45) is 0. The number of benzene rings is 2. The molecule has 0 radical (unpaired) electrons. The topological polar surface area (TPSA) is 0 Å². The third-order valence-electron chi connectivity index (χ3n) is 3.10. The maximum Gasteiger partial charge on any atom is -0.0809 e. The first kappa shape index (κ1) is 23.6. The van der Waals surface area contributed by atoms with E-state index in [1.807, 2.05) is 0 Å². The van der Waals surface area contributed by atoms with Crippen LogP contribution in [0.5, 0.6) is 0 Å². The summed E-state index contributed by atoms with van der Waals surface area (Å²) in [6, 6.07) is 29.3. The van der Waals surface area contributed by atoms with Crippen LogP contribution < -0.4 is 24.8 Å². The van der Waals surface area contributed by atoms with Crippen molar-refractivity contribution in [2.24, 2.45) is 0 Å². The van der Waals surface area contributed by atoms with Crippen molar-refractivity contribution < 1.29 is 48.1 Å². The van der Waals surface area contributed by atoms with E-state index >= 15 is 0 Å². The maximum absolute atomic E-state index is 5.42. The predicted octanol–water partition coefficient (Wildman–Crippen LogP) is 0.0154. The summed E-state index contributed by atoms with van der Waals surface area (Å²) < 4.78 is -0.317. The van der Waals surface area contributed by atoms with Gasteiger partial charge in [0.05, 0.1) is 0 Å². The third-order valence-corrected chi connectivity index (χ3v) is 3.10. The molecular weight excluding hydrogens is 454 g/mol. The van der Waals surface area contributed by atoms with Crippen LogP contribution >= 0.6 is 11.1 Å². The number of hydrogen-bond acceptors (Lipinski definition) is 0. The number of hydrogen-bond donors (Lipinski definition) is 0. The fourth-order valence-corrected chi connectivity index (χ4v) is 2.14. The molecule has 0 heterocycles. The van der Waals surface area contributed by atoms with Gasteiger partial charge in [0.15, 0.2) is 0 Å². The van der Waals surface area contributed by atoms with Crippen molar-refractivity contribution in [1.82, 2.24) is 0 Å². The molecule has 0 aliphatic carbocycles. The van der Waals surface area contributed by atoms with Gasteiger partial charge >= 0.3 is 45.7 Å². The fraction of sp³-hybridized carbons (Fsp3) is 0.0526. The van der Waals surface area contributed by atoms with E-state index in [1.165, 1.54) is 44.9 Å². The van der Waals surface area contributed by atoms with Crippen molar-refractivity contribution in [3.63, 3.8) is 0 Å². The fourth-order valence-electron chi connectivity index (χ4n) is 2.14. The van der Waals surface area contributed by atoms with Gasteiger partial charge in [-0.1, -0.05) is 12.1 Å². The molecule has 0 unspecified atom stereocenters. The van der Waals surface area contributed by atoms with Crippen molar-refractivity contribution in [2.45, 2.75) is 6.55 Å². The zero-order chi connectivity index (χ0) is 15.8. The van der Waals surface area contributed by atoms with Crippen LogP contribution in [0.15, 0.2) is 84.9 Å². The Hall–Kier alpha value is -0.370. The summed E-state index contributed by atoms with van der Waals surface area (Å²) in [5.74, 6) is 0. The van der Waals surface area contributed by atoms with Gasteiger partial charge in [0.25, 0.3) is 0 Å². The van der Waals surface area contributed by atoms with Gasteiger partial charge in [0.2, 0.25) is 0 Å². The molecule has 0 aliphatic heterocycles. The van der Waals surface area contributed by atoms with Gasteiger partial charge in [0, 0.05) is 0 Å². The number of rotatable bonds is 0. The molecule has 0 aromatic heterocycles. The van der Waals surface area contributed by atoms with Crippen LogP contribution in [0, 0.1) is 0 Å². The molecule has 0 bridgehead atoms. The number of fused-ring (bicyclic) bond motifs is 2. The van der Waals surface area contributed by atoms with E-state index < -0.39 is 0 Å². The predicted molar refractivity (Wildman–Crippen MR) is 96.6 cm³/mol. The van der Waals surface area contributed by atoms with Crippen molar-refractivity contribution in [2.75, 3.05) is 0 Å². The van der Waals surface area contributed by atoms with Gasteiger partial charge in [0.1, 0.15) is 0 Å². The van der Waals surface area contributed by atoms with Crippen LogP contribution in [-0.2, 0) is 23.3 Å². The molecule has 0 saturated carbocycles. The monoisotopic (exact) mass is 468 g/mol. The van der Waals surface area contributed by atoms with E-state index in [9.17, 15) is 0 Å². The summed E-state index contributed by atoms with van der Waals surface area (Å²) in [4.78, 5) is 0. The van der Waals surface area contributed by atoms with Crippen LogP contribution in [0.1, 0.15) is 0 Å². The van der Waals surface area contributed by atoms with Gasteiger partial charge < -0.3 is 24.8 Å². The van der Waals surface area contributed by atoms with E-state index in [2.05, 4.69) is 91.5 Å².